The largest absolute Gasteiger partial charge is 0.377 e. The standard InChI is InChI=1S/C30H37N5O5S/c1-21-12-14-22(15-13-21)32-30(37)34-16-17-35(27(20-34)29(36)31-19-23-7-6-18-40-23)41(38,39)28-11-5-8-24-25(28)9-4-10-26(24)33(2)3/h4-5,8-15,23,27H,6-7,16-20H2,1-3H3,(H,31,36)(H,32,37). The second-order valence-electron chi connectivity index (χ2n) is 10.8. The third-order valence-electron chi connectivity index (χ3n) is 7.68. The maximum atomic E-state index is 14.2. The van der Waals surface area contributed by atoms with Crippen LogP contribution < -0.4 is 15.5 Å². The molecule has 10 nitrogen and oxygen atoms in total. The van der Waals surface area contributed by atoms with Crippen LogP contribution in [0.3, 0.4) is 0 Å². The molecule has 5 rings (SSSR count). The normalized spacial score (nSPS) is 19.7. The quantitative estimate of drug-likeness (QED) is 0.444. The van der Waals surface area contributed by atoms with Crippen LogP contribution in [0.4, 0.5) is 16.2 Å². The van der Waals surface area contributed by atoms with Crippen molar-refractivity contribution in [2.24, 2.45) is 0 Å². The zero-order valence-electron chi connectivity index (χ0n) is 23.7. The zero-order valence-corrected chi connectivity index (χ0v) is 24.5. The molecule has 2 atom stereocenters. The lowest BCUT2D eigenvalue weighted by Gasteiger charge is -2.39. The summed E-state index contributed by atoms with van der Waals surface area (Å²) in [5.74, 6) is -0.453. The maximum absolute atomic E-state index is 14.2. The minimum Gasteiger partial charge on any atom is -0.377 e. The lowest BCUT2D eigenvalue weighted by molar-refractivity contribution is -0.126. The van der Waals surface area contributed by atoms with E-state index in [2.05, 4.69) is 10.6 Å². The number of carbonyl (C=O) groups excluding carboxylic acids is 2. The molecule has 0 saturated carbocycles. The highest BCUT2D eigenvalue weighted by Gasteiger charge is 2.42. The van der Waals surface area contributed by atoms with Crippen LogP contribution in [0.15, 0.2) is 65.6 Å². The Morgan fingerprint density at radius 2 is 1.73 bits per heavy atom. The summed E-state index contributed by atoms with van der Waals surface area (Å²) in [4.78, 5) is 30.3. The number of fused-ring (bicyclic) bond motifs is 1. The molecule has 2 aliphatic heterocycles. The molecular weight excluding hydrogens is 542 g/mol. The average molecular weight is 580 g/mol. The molecule has 11 heteroatoms. The number of hydrogen-bond acceptors (Lipinski definition) is 6. The fraction of sp³-hybridized carbons (Fsp3) is 0.400. The predicted molar refractivity (Wildman–Crippen MR) is 160 cm³/mol. The summed E-state index contributed by atoms with van der Waals surface area (Å²) in [6, 6.07) is 16.7. The van der Waals surface area contributed by atoms with Crippen LogP contribution in [0.1, 0.15) is 18.4 Å². The molecule has 2 aliphatic rings. The van der Waals surface area contributed by atoms with Crippen molar-refractivity contribution in [2.45, 2.75) is 36.8 Å². The van der Waals surface area contributed by atoms with Gasteiger partial charge >= 0.3 is 6.03 Å². The highest BCUT2D eigenvalue weighted by Crippen LogP contribution is 2.33. The highest BCUT2D eigenvalue weighted by atomic mass is 32.2. The van der Waals surface area contributed by atoms with E-state index in [1.54, 1.807) is 18.2 Å². The van der Waals surface area contributed by atoms with Gasteiger partial charge < -0.3 is 25.2 Å². The van der Waals surface area contributed by atoms with Crippen LogP contribution >= 0.6 is 0 Å². The number of nitrogens with zero attached hydrogens (tertiary/aromatic N) is 3. The molecule has 2 fully saturated rings. The van der Waals surface area contributed by atoms with Crippen LogP contribution in [0.5, 0.6) is 0 Å². The van der Waals surface area contributed by atoms with Crippen LogP contribution in [0.25, 0.3) is 10.8 Å². The van der Waals surface area contributed by atoms with E-state index in [0.717, 1.165) is 29.5 Å². The van der Waals surface area contributed by atoms with Crippen molar-refractivity contribution in [3.63, 3.8) is 0 Å². The molecule has 3 aromatic carbocycles. The Bertz CT molecular complexity index is 1520. The highest BCUT2D eigenvalue weighted by molar-refractivity contribution is 7.89. The molecule has 2 heterocycles. The Kier molecular flexibility index (Phi) is 8.48. The summed E-state index contributed by atoms with van der Waals surface area (Å²) >= 11 is 0. The molecule has 41 heavy (non-hydrogen) atoms. The van der Waals surface area contributed by atoms with E-state index in [1.807, 2.05) is 68.4 Å². The number of benzene rings is 3. The average Bonchev–Trinajstić information content (AvgIpc) is 3.50. The molecule has 3 aromatic rings. The summed E-state index contributed by atoms with van der Waals surface area (Å²) in [6.07, 6.45) is 1.66. The molecule has 2 unspecified atom stereocenters. The number of carbonyl (C=O) groups is 2. The van der Waals surface area contributed by atoms with E-state index >= 15 is 0 Å². The Balaban J connectivity index is 1.44. The third-order valence-corrected chi connectivity index (χ3v) is 9.65. The Hall–Kier alpha value is -3.67. The summed E-state index contributed by atoms with van der Waals surface area (Å²) in [7, 11) is -0.295. The minimum absolute atomic E-state index is 0.0224. The van der Waals surface area contributed by atoms with Crippen LogP contribution in [-0.4, -0.2) is 88.6 Å². The smallest absolute Gasteiger partial charge is 0.321 e. The number of nitrogens with one attached hydrogen (secondary N) is 2. The van der Waals surface area contributed by atoms with E-state index in [4.69, 9.17) is 4.74 Å². The first-order valence-corrected chi connectivity index (χ1v) is 15.3. The molecule has 0 bridgehead atoms. The lowest BCUT2D eigenvalue weighted by atomic mass is 10.1. The van der Waals surface area contributed by atoms with E-state index < -0.39 is 22.0 Å². The molecule has 218 valence electrons. The van der Waals surface area contributed by atoms with Crippen LogP contribution in [0.2, 0.25) is 0 Å². The molecule has 0 aliphatic carbocycles. The number of sulfonamides is 1. The van der Waals surface area contributed by atoms with Gasteiger partial charge in [0.15, 0.2) is 0 Å². The van der Waals surface area contributed by atoms with Gasteiger partial charge in [-0.3, -0.25) is 4.79 Å². The Morgan fingerprint density at radius 1 is 1.00 bits per heavy atom. The van der Waals surface area contributed by atoms with Crippen LogP contribution in [-0.2, 0) is 19.6 Å². The van der Waals surface area contributed by atoms with Gasteiger partial charge in [-0.15, -0.1) is 0 Å². The summed E-state index contributed by atoms with van der Waals surface area (Å²) < 4.78 is 35.4. The summed E-state index contributed by atoms with van der Waals surface area (Å²) in [5, 5.41) is 7.13. The number of anilines is 2. The van der Waals surface area contributed by atoms with Gasteiger partial charge in [-0.1, -0.05) is 42.0 Å². The fourth-order valence-corrected chi connectivity index (χ4v) is 7.21. The van der Waals surface area contributed by atoms with Gasteiger partial charge in [-0.25, -0.2) is 13.2 Å². The van der Waals surface area contributed by atoms with Gasteiger partial charge in [0, 0.05) is 69.0 Å². The summed E-state index contributed by atoms with van der Waals surface area (Å²) in [5.41, 5.74) is 2.58. The van der Waals surface area contributed by atoms with Gasteiger partial charge in [0.05, 0.1) is 11.0 Å². The number of ether oxygens (including phenoxy) is 1. The number of hydrogen-bond donors (Lipinski definition) is 2. The number of aryl methyl sites for hydroxylation is 1. The van der Waals surface area contributed by atoms with Gasteiger partial charge in [-0.2, -0.15) is 4.31 Å². The fourth-order valence-electron chi connectivity index (χ4n) is 5.43. The topological polar surface area (TPSA) is 111 Å². The van der Waals surface area contributed by atoms with Crippen molar-refractivity contribution in [2.75, 3.05) is 57.1 Å². The molecule has 0 aromatic heterocycles. The second-order valence-corrected chi connectivity index (χ2v) is 12.6. The Morgan fingerprint density at radius 3 is 2.44 bits per heavy atom. The van der Waals surface area contributed by atoms with Crippen molar-refractivity contribution in [1.82, 2.24) is 14.5 Å². The van der Waals surface area contributed by atoms with Gasteiger partial charge in [0.2, 0.25) is 15.9 Å². The van der Waals surface area contributed by atoms with Gasteiger partial charge in [0.1, 0.15) is 6.04 Å². The summed E-state index contributed by atoms with van der Waals surface area (Å²) in [6.45, 7) is 2.93. The third kappa shape index (κ3) is 6.17. The van der Waals surface area contributed by atoms with Crippen molar-refractivity contribution in [3.8, 4) is 0 Å². The SMILES string of the molecule is Cc1ccc(NC(=O)N2CCN(S(=O)(=O)c3cccc4c(N(C)C)cccc34)C(C(=O)NCC3CCCO3)C2)cc1. The van der Waals surface area contributed by atoms with Crippen molar-refractivity contribution < 1.29 is 22.7 Å². The van der Waals surface area contributed by atoms with E-state index in [0.29, 0.717) is 24.2 Å². The molecular formula is C30H37N5O5S. The van der Waals surface area contributed by atoms with E-state index in [1.165, 1.54) is 9.21 Å². The van der Waals surface area contributed by atoms with E-state index in [9.17, 15) is 18.0 Å². The molecule has 0 spiro atoms. The monoisotopic (exact) mass is 579 g/mol. The number of piperazine rings is 1. The molecule has 3 amide bonds. The molecule has 0 radical (unpaired) electrons. The van der Waals surface area contributed by atoms with Crippen molar-refractivity contribution in [3.05, 3.63) is 66.2 Å². The molecule has 2 N–H and O–H groups in total. The zero-order chi connectivity index (χ0) is 29.1. The predicted octanol–water partition coefficient (Wildman–Crippen LogP) is 3.42. The first kappa shape index (κ1) is 28.8. The second kappa shape index (κ2) is 12.1. The van der Waals surface area contributed by atoms with Gasteiger partial charge in [0.25, 0.3) is 0 Å². The number of rotatable bonds is 7. The molecule has 2 saturated heterocycles. The van der Waals surface area contributed by atoms with Gasteiger partial charge in [-0.05, 0) is 44.0 Å². The maximum Gasteiger partial charge on any atom is 0.321 e. The van der Waals surface area contributed by atoms with Crippen molar-refractivity contribution >= 4 is 44.1 Å². The minimum atomic E-state index is -4.11. The number of urea groups is 1. The van der Waals surface area contributed by atoms with Crippen LogP contribution in [0, 0.1) is 6.92 Å². The first-order chi connectivity index (χ1) is 19.6. The Labute approximate surface area is 241 Å². The first-order valence-electron chi connectivity index (χ1n) is 13.9. The number of amides is 3. The van der Waals surface area contributed by atoms with E-state index in [-0.39, 0.29) is 36.7 Å². The lowest BCUT2D eigenvalue weighted by Crippen LogP contribution is -2.62. The van der Waals surface area contributed by atoms with Crippen molar-refractivity contribution in [1.29, 1.82) is 0 Å².